The van der Waals surface area contributed by atoms with Crippen LogP contribution in [0.4, 0.5) is 0 Å². The van der Waals surface area contributed by atoms with E-state index in [0.29, 0.717) is 12.6 Å². The molecule has 1 aliphatic heterocycles. The number of rotatable bonds is 4. The monoisotopic (exact) mass is 193 g/mol. The van der Waals surface area contributed by atoms with E-state index in [-0.39, 0.29) is 0 Å². The van der Waals surface area contributed by atoms with E-state index in [1.54, 1.807) is 7.11 Å². The molecule has 3 heteroatoms. The predicted molar refractivity (Wildman–Crippen MR) is 54.9 cm³/mol. The lowest BCUT2D eigenvalue weighted by molar-refractivity contribution is 0.307. The third kappa shape index (κ3) is 1.68. The Bertz CT molecular complexity index is 321. The molecule has 1 aromatic rings. The first-order valence-electron chi connectivity index (χ1n) is 4.90. The molecule has 0 aliphatic carbocycles. The highest BCUT2D eigenvalue weighted by molar-refractivity contribution is 5.49. The Morgan fingerprint density at radius 3 is 2.86 bits per heavy atom. The molecule has 0 unspecified atom stereocenters. The number of nitrogens with one attached hydrogen (secondary N) is 1. The third-order valence-electron chi connectivity index (χ3n) is 2.30. The minimum atomic E-state index is 0.451. The van der Waals surface area contributed by atoms with Crippen molar-refractivity contribution >= 4 is 0 Å². The minimum absolute atomic E-state index is 0.451. The molecule has 2 rings (SSSR count). The van der Waals surface area contributed by atoms with Crippen molar-refractivity contribution < 1.29 is 9.47 Å². The van der Waals surface area contributed by atoms with Crippen LogP contribution in [0.3, 0.4) is 0 Å². The van der Waals surface area contributed by atoms with Gasteiger partial charge in [-0.3, -0.25) is 0 Å². The Kier molecular flexibility index (Phi) is 2.59. The molecular formula is C11H15NO2. The van der Waals surface area contributed by atoms with Crippen molar-refractivity contribution in [2.75, 3.05) is 20.3 Å². The van der Waals surface area contributed by atoms with Crippen LogP contribution >= 0.6 is 0 Å². The largest absolute Gasteiger partial charge is 0.493 e. The number of ether oxygens (including phenoxy) is 2. The Morgan fingerprint density at radius 1 is 1.50 bits per heavy atom. The second-order valence-electron chi connectivity index (χ2n) is 3.27. The van der Waals surface area contributed by atoms with Gasteiger partial charge in [-0.25, -0.2) is 0 Å². The molecule has 0 radical (unpaired) electrons. The average molecular weight is 193 g/mol. The molecule has 1 fully saturated rings. The fraction of sp³-hybridized carbons (Fsp3) is 0.455. The molecule has 0 aromatic heterocycles. The normalized spacial score (nSPS) is 19.1. The molecule has 0 bridgehead atoms. The first-order valence-corrected chi connectivity index (χ1v) is 4.90. The van der Waals surface area contributed by atoms with Crippen LogP contribution in [-0.4, -0.2) is 20.3 Å². The summed E-state index contributed by atoms with van der Waals surface area (Å²) >= 11 is 0. The van der Waals surface area contributed by atoms with Crippen LogP contribution in [0.15, 0.2) is 18.2 Å². The van der Waals surface area contributed by atoms with Crippen molar-refractivity contribution in [3.8, 4) is 11.5 Å². The maximum Gasteiger partial charge on any atom is 0.165 e. The van der Waals surface area contributed by atoms with Crippen LogP contribution in [0.1, 0.15) is 18.5 Å². The van der Waals surface area contributed by atoms with Gasteiger partial charge in [0.25, 0.3) is 0 Å². The van der Waals surface area contributed by atoms with E-state index >= 15 is 0 Å². The fourth-order valence-corrected chi connectivity index (χ4v) is 1.55. The molecule has 1 N–H and O–H groups in total. The highest BCUT2D eigenvalue weighted by atomic mass is 16.5. The Balaban J connectivity index is 2.36. The zero-order valence-electron chi connectivity index (χ0n) is 8.54. The number of benzene rings is 1. The molecule has 0 spiro atoms. The van der Waals surface area contributed by atoms with Crippen molar-refractivity contribution in [1.29, 1.82) is 0 Å². The van der Waals surface area contributed by atoms with Gasteiger partial charge < -0.3 is 14.8 Å². The summed E-state index contributed by atoms with van der Waals surface area (Å²) in [7, 11) is 1.67. The van der Waals surface area contributed by atoms with Crippen LogP contribution < -0.4 is 14.8 Å². The summed E-state index contributed by atoms with van der Waals surface area (Å²) in [4.78, 5) is 0. The lowest BCUT2D eigenvalue weighted by atomic mass is 10.1. The lowest BCUT2D eigenvalue weighted by Gasteiger charge is -2.12. The van der Waals surface area contributed by atoms with Gasteiger partial charge in [0.15, 0.2) is 11.5 Å². The molecule has 76 valence electrons. The summed E-state index contributed by atoms with van der Waals surface area (Å²) in [6.07, 6.45) is 0. The summed E-state index contributed by atoms with van der Waals surface area (Å²) in [5, 5.41) is 3.27. The summed E-state index contributed by atoms with van der Waals surface area (Å²) < 4.78 is 10.9. The van der Waals surface area contributed by atoms with Crippen molar-refractivity contribution in [3.63, 3.8) is 0 Å². The summed E-state index contributed by atoms with van der Waals surface area (Å²) in [6.45, 7) is 3.68. The van der Waals surface area contributed by atoms with Gasteiger partial charge in [0.1, 0.15) is 0 Å². The van der Waals surface area contributed by atoms with Crippen LogP contribution in [-0.2, 0) is 0 Å². The average Bonchev–Trinajstić information content (AvgIpc) is 3.02. The standard InChI is InChI=1S/C11H15NO2/c1-3-14-11-8(9-7-12-9)5-4-6-10(11)13-2/h4-6,9,12H,3,7H2,1-2H3/t9-/m1/s1. The Hall–Kier alpha value is -1.22. The van der Waals surface area contributed by atoms with Gasteiger partial charge in [-0.05, 0) is 13.0 Å². The van der Waals surface area contributed by atoms with Crippen molar-refractivity contribution in [2.24, 2.45) is 0 Å². The van der Waals surface area contributed by atoms with E-state index in [9.17, 15) is 0 Å². The van der Waals surface area contributed by atoms with Crippen LogP contribution in [0.25, 0.3) is 0 Å². The molecule has 0 amide bonds. The van der Waals surface area contributed by atoms with Gasteiger partial charge in [0, 0.05) is 18.2 Å². The molecule has 1 saturated heterocycles. The van der Waals surface area contributed by atoms with Gasteiger partial charge in [-0.2, -0.15) is 0 Å². The number of hydrogen-bond acceptors (Lipinski definition) is 3. The second-order valence-corrected chi connectivity index (χ2v) is 3.27. The molecule has 1 atom stereocenters. The van der Waals surface area contributed by atoms with E-state index in [4.69, 9.17) is 9.47 Å². The molecule has 3 nitrogen and oxygen atoms in total. The van der Waals surface area contributed by atoms with Gasteiger partial charge in [-0.1, -0.05) is 12.1 Å². The summed E-state index contributed by atoms with van der Waals surface area (Å²) in [6, 6.07) is 6.46. The lowest BCUT2D eigenvalue weighted by Crippen LogP contribution is -1.99. The Labute approximate surface area is 84.0 Å². The topological polar surface area (TPSA) is 40.4 Å². The fourth-order valence-electron chi connectivity index (χ4n) is 1.55. The summed E-state index contributed by atoms with van der Waals surface area (Å²) in [5.74, 6) is 1.70. The predicted octanol–water partition coefficient (Wildman–Crippen LogP) is 1.74. The smallest absolute Gasteiger partial charge is 0.165 e. The van der Waals surface area contributed by atoms with Crippen molar-refractivity contribution in [1.82, 2.24) is 5.32 Å². The van der Waals surface area contributed by atoms with Crippen LogP contribution in [0, 0.1) is 0 Å². The second kappa shape index (κ2) is 3.88. The maximum atomic E-state index is 5.60. The highest BCUT2D eigenvalue weighted by Gasteiger charge is 2.27. The zero-order chi connectivity index (χ0) is 9.97. The molecule has 1 aliphatic rings. The Morgan fingerprint density at radius 2 is 2.29 bits per heavy atom. The first kappa shape index (κ1) is 9.34. The number of para-hydroxylation sites is 1. The van der Waals surface area contributed by atoms with Crippen molar-refractivity contribution in [3.05, 3.63) is 23.8 Å². The first-order chi connectivity index (χ1) is 6.86. The summed E-state index contributed by atoms with van der Waals surface area (Å²) in [5.41, 5.74) is 1.20. The van der Waals surface area contributed by atoms with E-state index in [1.165, 1.54) is 5.56 Å². The van der Waals surface area contributed by atoms with Gasteiger partial charge in [0.2, 0.25) is 0 Å². The molecule has 0 saturated carbocycles. The van der Waals surface area contributed by atoms with Crippen LogP contribution in [0.2, 0.25) is 0 Å². The van der Waals surface area contributed by atoms with E-state index in [0.717, 1.165) is 18.0 Å². The number of hydrogen-bond donors (Lipinski definition) is 1. The molecule has 14 heavy (non-hydrogen) atoms. The molecule has 1 aromatic carbocycles. The molecule has 1 heterocycles. The minimum Gasteiger partial charge on any atom is -0.493 e. The highest BCUT2D eigenvalue weighted by Crippen LogP contribution is 2.37. The van der Waals surface area contributed by atoms with Crippen molar-refractivity contribution in [2.45, 2.75) is 13.0 Å². The van der Waals surface area contributed by atoms with E-state index < -0.39 is 0 Å². The maximum absolute atomic E-state index is 5.60. The molecular weight excluding hydrogens is 178 g/mol. The quantitative estimate of drug-likeness (QED) is 0.740. The van der Waals surface area contributed by atoms with Gasteiger partial charge in [0.05, 0.1) is 13.7 Å². The SMILES string of the molecule is CCOc1c(OC)cccc1[C@H]1CN1. The van der Waals surface area contributed by atoms with Gasteiger partial charge in [-0.15, -0.1) is 0 Å². The van der Waals surface area contributed by atoms with Crippen LogP contribution in [0.5, 0.6) is 11.5 Å². The zero-order valence-corrected chi connectivity index (χ0v) is 8.54. The van der Waals surface area contributed by atoms with Gasteiger partial charge >= 0.3 is 0 Å². The van der Waals surface area contributed by atoms with E-state index in [2.05, 4.69) is 11.4 Å². The number of methoxy groups -OCH3 is 1. The van der Waals surface area contributed by atoms with E-state index in [1.807, 2.05) is 19.1 Å². The third-order valence-corrected chi connectivity index (χ3v) is 2.30.